The molecule has 0 aromatic carbocycles. The Balaban J connectivity index is 2.86. The number of pyridine rings is 1. The summed E-state index contributed by atoms with van der Waals surface area (Å²) in [5.41, 5.74) is 1.16. The molecule has 13 heavy (non-hydrogen) atoms. The number of hydrogen-bond donors (Lipinski definition) is 0. The van der Waals surface area contributed by atoms with Gasteiger partial charge < -0.3 is 4.74 Å². The average Bonchev–Trinajstić information content (AvgIpc) is 2.07. The summed E-state index contributed by atoms with van der Waals surface area (Å²) in [5.74, 6) is 1.27. The van der Waals surface area contributed by atoms with Gasteiger partial charge in [-0.3, -0.25) is 0 Å². The standard InChI is InChI=1S/C10H14ClNO/c1-7(2)4-8-5-9(13-3)10(11)12-6-8/h5-7H,4H2,1-3H3. The van der Waals surface area contributed by atoms with Gasteiger partial charge in [-0.25, -0.2) is 4.98 Å². The zero-order chi connectivity index (χ0) is 9.84. The number of rotatable bonds is 3. The summed E-state index contributed by atoms with van der Waals surface area (Å²) in [6, 6.07) is 1.94. The molecule has 0 aliphatic carbocycles. The largest absolute Gasteiger partial charge is 0.494 e. The topological polar surface area (TPSA) is 22.1 Å². The molecule has 1 aromatic heterocycles. The summed E-state index contributed by atoms with van der Waals surface area (Å²) < 4.78 is 5.07. The lowest BCUT2D eigenvalue weighted by atomic mass is 10.1. The van der Waals surface area contributed by atoms with Crippen LogP contribution >= 0.6 is 11.6 Å². The second kappa shape index (κ2) is 4.47. The lowest BCUT2D eigenvalue weighted by Crippen LogP contribution is -1.96. The third-order valence-electron chi connectivity index (χ3n) is 1.73. The smallest absolute Gasteiger partial charge is 0.171 e. The first-order valence-electron chi connectivity index (χ1n) is 4.32. The maximum absolute atomic E-state index is 5.80. The second-order valence-corrected chi connectivity index (χ2v) is 3.79. The van der Waals surface area contributed by atoms with Crippen LogP contribution in [0.5, 0.6) is 5.75 Å². The van der Waals surface area contributed by atoms with Crippen LogP contribution in [0, 0.1) is 5.92 Å². The van der Waals surface area contributed by atoms with Crippen LogP contribution in [0.1, 0.15) is 19.4 Å². The number of halogens is 1. The summed E-state index contributed by atoms with van der Waals surface area (Å²) in [4.78, 5) is 4.04. The van der Waals surface area contributed by atoms with Crippen molar-refractivity contribution >= 4 is 11.6 Å². The highest BCUT2D eigenvalue weighted by Gasteiger charge is 2.04. The van der Waals surface area contributed by atoms with Crippen LogP contribution in [0.15, 0.2) is 12.3 Å². The van der Waals surface area contributed by atoms with Crippen LogP contribution in [0.25, 0.3) is 0 Å². The zero-order valence-electron chi connectivity index (χ0n) is 8.17. The minimum absolute atomic E-state index is 0.426. The van der Waals surface area contributed by atoms with E-state index in [2.05, 4.69) is 18.8 Å². The van der Waals surface area contributed by atoms with Crippen molar-refractivity contribution in [2.75, 3.05) is 7.11 Å². The highest BCUT2D eigenvalue weighted by atomic mass is 35.5. The first kappa shape index (κ1) is 10.3. The Bertz CT molecular complexity index is 286. The van der Waals surface area contributed by atoms with E-state index in [1.165, 1.54) is 0 Å². The van der Waals surface area contributed by atoms with Gasteiger partial charge in [0.1, 0.15) is 0 Å². The summed E-state index contributed by atoms with van der Waals surface area (Å²) in [6.07, 6.45) is 2.80. The summed E-state index contributed by atoms with van der Waals surface area (Å²) in [7, 11) is 1.60. The fourth-order valence-electron chi connectivity index (χ4n) is 1.19. The SMILES string of the molecule is COc1cc(CC(C)C)cnc1Cl. The molecule has 0 unspecified atom stereocenters. The highest BCUT2D eigenvalue weighted by Crippen LogP contribution is 2.23. The Morgan fingerprint density at radius 3 is 2.77 bits per heavy atom. The molecule has 0 fully saturated rings. The molecule has 0 radical (unpaired) electrons. The number of nitrogens with zero attached hydrogens (tertiary/aromatic N) is 1. The average molecular weight is 200 g/mol. The number of ether oxygens (including phenoxy) is 1. The van der Waals surface area contributed by atoms with Crippen molar-refractivity contribution in [2.45, 2.75) is 20.3 Å². The van der Waals surface area contributed by atoms with Gasteiger partial charge in [0.2, 0.25) is 0 Å². The molecule has 1 heterocycles. The van der Waals surface area contributed by atoms with Crippen LogP contribution in [0.3, 0.4) is 0 Å². The Morgan fingerprint density at radius 2 is 2.23 bits per heavy atom. The zero-order valence-corrected chi connectivity index (χ0v) is 8.93. The molecule has 0 saturated carbocycles. The molecule has 0 atom stereocenters. The molecule has 0 bridgehead atoms. The van der Waals surface area contributed by atoms with Crippen molar-refractivity contribution < 1.29 is 4.74 Å². The second-order valence-electron chi connectivity index (χ2n) is 3.43. The fourth-order valence-corrected chi connectivity index (χ4v) is 1.38. The van der Waals surface area contributed by atoms with Crippen LogP contribution in [-0.4, -0.2) is 12.1 Å². The molecule has 0 N–H and O–H groups in total. The molecule has 72 valence electrons. The van der Waals surface area contributed by atoms with Gasteiger partial charge in [-0.15, -0.1) is 0 Å². The predicted molar refractivity (Wildman–Crippen MR) is 54.3 cm³/mol. The van der Waals surface area contributed by atoms with Gasteiger partial charge in [-0.05, 0) is 24.0 Å². The van der Waals surface area contributed by atoms with E-state index in [0.717, 1.165) is 12.0 Å². The quantitative estimate of drug-likeness (QED) is 0.699. The molecule has 0 saturated heterocycles. The van der Waals surface area contributed by atoms with Gasteiger partial charge in [0.05, 0.1) is 7.11 Å². The molecule has 0 amide bonds. The molecule has 1 rings (SSSR count). The monoisotopic (exact) mass is 199 g/mol. The van der Waals surface area contributed by atoms with Crippen molar-refractivity contribution in [3.8, 4) is 5.75 Å². The van der Waals surface area contributed by atoms with E-state index in [4.69, 9.17) is 16.3 Å². The number of aromatic nitrogens is 1. The molecule has 3 heteroatoms. The number of methoxy groups -OCH3 is 1. The van der Waals surface area contributed by atoms with Crippen molar-refractivity contribution in [1.82, 2.24) is 4.98 Å². The fraction of sp³-hybridized carbons (Fsp3) is 0.500. The van der Waals surface area contributed by atoms with Gasteiger partial charge in [-0.1, -0.05) is 25.4 Å². The minimum Gasteiger partial charge on any atom is -0.494 e. The Morgan fingerprint density at radius 1 is 1.54 bits per heavy atom. The van der Waals surface area contributed by atoms with E-state index < -0.39 is 0 Å². The summed E-state index contributed by atoms with van der Waals surface area (Å²) in [6.45, 7) is 4.34. The van der Waals surface area contributed by atoms with Gasteiger partial charge in [0.25, 0.3) is 0 Å². The van der Waals surface area contributed by atoms with Gasteiger partial charge in [0, 0.05) is 6.20 Å². The minimum atomic E-state index is 0.426. The lowest BCUT2D eigenvalue weighted by molar-refractivity contribution is 0.412. The van der Waals surface area contributed by atoms with Gasteiger partial charge >= 0.3 is 0 Å². The van der Waals surface area contributed by atoms with E-state index in [1.54, 1.807) is 13.3 Å². The summed E-state index contributed by atoms with van der Waals surface area (Å²) >= 11 is 5.80. The van der Waals surface area contributed by atoms with Crippen LogP contribution in [-0.2, 0) is 6.42 Å². The molecule has 0 spiro atoms. The van der Waals surface area contributed by atoms with E-state index in [0.29, 0.717) is 16.8 Å². The van der Waals surface area contributed by atoms with Crippen molar-refractivity contribution in [2.24, 2.45) is 5.92 Å². The molecule has 2 nitrogen and oxygen atoms in total. The Hall–Kier alpha value is -0.760. The van der Waals surface area contributed by atoms with Crippen LogP contribution < -0.4 is 4.74 Å². The van der Waals surface area contributed by atoms with Crippen LogP contribution in [0.2, 0.25) is 5.15 Å². The van der Waals surface area contributed by atoms with Gasteiger partial charge in [-0.2, -0.15) is 0 Å². The summed E-state index contributed by atoms with van der Waals surface area (Å²) in [5, 5.41) is 0.426. The van der Waals surface area contributed by atoms with Crippen molar-refractivity contribution in [3.63, 3.8) is 0 Å². The first-order chi connectivity index (χ1) is 6.13. The van der Waals surface area contributed by atoms with E-state index in [1.807, 2.05) is 6.07 Å². The van der Waals surface area contributed by atoms with E-state index in [9.17, 15) is 0 Å². The van der Waals surface area contributed by atoms with E-state index >= 15 is 0 Å². The Labute approximate surface area is 83.9 Å². The maximum atomic E-state index is 5.80. The lowest BCUT2D eigenvalue weighted by Gasteiger charge is -2.07. The molecule has 0 aliphatic heterocycles. The maximum Gasteiger partial charge on any atom is 0.171 e. The van der Waals surface area contributed by atoms with Crippen LogP contribution in [0.4, 0.5) is 0 Å². The molecular weight excluding hydrogens is 186 g/mol. The highest BCUT2D eigenvalue weighted by molar-refractivity contribution is 6.30. The molecule has 0 aliphatic rings. The first-order valence-corrected chi connectivity index (χ1v) is 4.69. The van der Waals surface area contributed by atoms with Gasteiger partial charge in [0.15, 0.2) is 10.9 Å². The third-order valence-corrected chi connectivity index (χ3v) is 2.01. The third kappa shape index (κ3) is 2.88. The van der Waals surface area contributed by atoms with Crippen molar-refractivity contribution in [1.29, 1.82) is 0 Å². The number of hydrogen-bond acceptors (Lipinski definition) is 2. The predicted octanol–water partition coefficient (Wildman–Crippen LogP) is 2.94. The molecule has 1 aromatic rings. The van der Waals surface area contributed by atoms with E-state index in [-0.39, 0.29) is 0 Å². The normalized spacial score (nSPS) is 10.5. The molecular formula is C10H14ClNO. The Kier molecular flexibility index (Phi) is 3.55. The van der Waals surface area contributed by atoms with Crippen molar-refractivity contribution in [3.05, 3.63) is 23.0 Å².